The van der Waals surface area contributed by atoms with Crippen molar-refractivity contribution < 1.29 is 9.53 Å². The maximum absolute atomic E-state index is 11.8. The van der Waals surface area contributed by atoms with Gasteiger partial charge in [-0.3, -0.25) is 4.79 Å². The van der Waals surface area contributed by atoms with Crippen molar-refractivity contribution in [1.29, 1.82) is 0 Å². The molecule has 104 valence electrons. The Hall–Kier alpha value is -2.01. The molecule has 1 amide bonds. The van der Waals surface area contributed by atoms with E-state index in [0.29, 0.717) is 17.1 Å². The van der Waals surface area contributed by atoms with Crippen LogP contribution in [0.4, 0.5) is 11.4 Å². The summed E-state index contributed by atoms with van der Waals surface area (Å²) >= 11 is 3.34. The second-order valence-corrected chi connectivity index (χ2v) is 5.28. The molecule has 0 spiro atoms. The van der Waals surface area contributed by atoms with Crippen LogP contribution < -0.4 is 15.8 Å². The molecule has 2 aromatic rings. The molecule has 4 nitrogen and oxygen atoms in total. The molecule has 0 aliphatic heterocycles. The molecule has 0 radical (unpaired) electrons. The van der Waals surface area contributed by atoms with E-state index in [0.717, 1.165) is 10.0 Å². The largest absolute Gasteiger partial charge is 0.484 e. The predicted molar refractivity (Wildman–Crippen MR) is 83.9 cm³/mol. The third-order valence-electron chi connectivity index (χ3n) is 2.75. The summed E-state index contributed by atoms with van der Waals surface area (Å²) in [6, 6.07) is 12.7. The van der Waals surface area contributed by atoms with Crippen molar-refractivity contribution in [1.82, 2.24) is 0 Å². The average Bonchev–Trinajstić information content (AvgIpc) is 2.42. The topological polar surface area (TPSA) is 64.3 Å². The van der Waals surface area contributed by atoms with Crippen molar-refractivity contribution in [3.8, 4) is 5.75 Å². The number of rotatable bonds is 4. The first-order chi connectivity index (χ1) is 9.54. The molecule has 0 unspecified atom stereocenters. The lowest BCUT2D eigenvalue weighted by Gasteiger charge is -2.09. The minimum absolute atomic E-state index is 0.0462. The maximum Gasteiger partial charge on any atom is 0.262 e. The summed E-state index contributed by atoms with van der Waals surface area (Å²) in [7, 11) is 0. The van der Waals surface area contributed by atoms with E-state index in [2.05, 4.69) is 21.2 Å². The summed E-state index contributed by atoms with van der Waals surface area (Å²) in [5.41, 5.74) is 8.08. The molecule has 0 saturated carbocycles. The normalized spacial score (nSPS) is 10.1. The third kappa shape index (κ3) is 3.99. The van der Waals surface area contributed by atoms with Gasteiger partial charge in [0, 0.05) is 15.8 Å². The van der Waals surface area contributed by atoms with Crippen LogP contribution in [-0.4, -0.2) is 12.5 Å². The Morgan fingerprint density at radius 2 is 1.95 bits per heavy atom. The van der Waals surface area contributed by atoms with Crippen molar-refractivity contribution in [2.45, 2.75) is 6.92 Å². The Morgan fingerprint density at radius 3 is 2.60 bits per heavy atom. The number of nitrogens with one attached hydrogen (secondary N) is 1. The van der Waals surface area contributed by atoms with Crippen LogP contribution >= 0.6 is 15.9 Å². The first-order valence-corrected chi connectivity index (χ1v) is 6.88. The molecule has 0 heterocycles. The number of ether oxygens (including phenoxy) is 1. The van der Waals surface area contributed by atoms with Gasteiger partial charge in [0.25, 0.3) is 5.91 Å². The van der Waals surface area contributed by atoms with Crippen molar-refractivity contribution in [3.63, 3.8) is 0 Å². The van der Waals surface area contributed by atoms with Crippen molar-refractivity contribution in [2.24, 2.45) is 0 Å². The molecule has 0 atom stereocenters. The highest BCUT2D eigenvalue weighted by Crippen LogP contribution is 2.18. The van der Waals surface area contributed by atoms with Crippen molar-refractivity contribution in [3.05, 3.63) is 52.5 Å². The number of carbonyl (C=O) groups excluding carboxylic acids is 1. The maximum atomic E-state index is 11.8. The fourth-order valence-electron chi connectivity index (χ4n) is 1.60. The zero-order valence-corrected chi connectivity index (χ0v) is 12.6. The number of anilines is 2. The zero-order chi connectivity index (χ0) is 14.5. The van der Waals surface area contributed by atoms with E-state index in [1.54, 1.807) is 18.2 Å². The Labute approximate surface area is 126 Å². The van der Waals surface area contributed by atoms with Gasteiger partial charge in [0.1, 0.15) is 5.75 Å². The second-order valence-electron chi connectivity index (χ2n) is 4.36. The van der Waals surface area contributed by atoms with Crippen molar-refractivity contribution in [2.75, 3.05) is 17.7 Å². The van der Waals surface area contributed by atoms with Crippen LogP contribution in [0.2, 0.25) is 0 Å². The minimum Gasteiger partial charge on any atom is -0.484 e. The third-order valence-corrected chi connectivity index (χ3v) is 3.28. The van der Waals surface area contributed by atoms with E-state index in [1.165, 1.54) is 0 Å². The van der Waals surface area contributed by atoms with E-state index in [1.807, 2.05) is 31.2 Å². The number of hydrogen-bond donors (Lipinski definition) is 2. The fourth-order valence-corrected chi connectivity index (χ4v) is 1.86. The molecule has 0 saturated heterocycles. The summed E-state index contributed by atoms with van der Waals surface area (Å²) < 4.78 is 6.35. The zero-order valence-electron chi connectivity index (χ0n) is 11.0. The number of carbonyl (C=O) groups is 1. The number of hydrogen-bond acceptors (Lipinski definition) is 3. The van der Waals surface area contributed by atoms with Gasteiger partial charge in [-0.05, 0) is 48.9 Å². The summed E-state index contributed by atoms with van der Waals surface area (Å²) in [5, 5.41) is 2.74. The van der Waals surface area contributed by atoms with Crippen LogP contribution in [0.15, 0.2) is 46.9 Å². The van der Waals surface area contributed by atoms with E-state index in [9.17, 15) is 4.79 Å². The highest BCUT2D eigenvalue weighted by molar-refractivity contribution is 9.10. The Balaban J connectivity index is 1.89. The van der Waals surface area contributed by atoms with Gasteiger partial charge >= 0.3 is 0 Å². The summed E-state index contributed by atoms with van der Waals surface area (Å²) in [5.74, 6) is 0.419. The smallest absolute Gasteiger partial charge is 0.262 e. The monoisotopic (exact) mass is 334 g/mol. The number of nitrogens with two attached hydrogens (primary N) is 1. The second kappa shape index (κ2) is 6.43. The first-order valence-electron chi connectivity index (χ1n) is 6.09. The van der Waals surface area contributed by atoms with E-state index in [4.69, 9.17) is 10.5 Å². The van der Waals surface area contributed by atoms with Gasteiger partial charge < -0.3 is 15.8 Å². The molecule has 2 rings (SSSR count). The summed E-state index contributed by atoms with van der Waals surface area (Å²) in [4.78, 5) is 11.8. The van der Waals surface area contributed by atoms with Crippen LogP contribution in [0.5, 0.6) is 5.75 Å². The Bertz CT molecular complexity index is 612. The van der Waals surface area contributed by atoms with Gasteiger partial charge in [-0.2, -0.15) is 0 Å². The molecular weight excluding hydrogens is 320 g/mol. The number of halogens is 1. The average molecular weight is 335 g/mol. The van der Waals surface area contributed by atoms with E-state index in [-0.39, 0.29) is 12.5 Å². The molecule has 2 aromatic carbocycles. The molecule has 0 bridgehead atoms. The molecule has 0 aliphatic carbocycles. The standard InChI is InChI=1S/C15H15BrN2O2/c1-10-2-5-12(8-14(10)17)18-15(19)9-20-13-6-3-11(16)4-7-13/h2-8H,9,17H2,1H3,(H,18,19). The first kappa shape index (κ1) is 14.4. The van der Waals surface area contributed by atoms with Crippen LogP contribution in [0.25, 0.3) is 0 Å². The van der Waals surface area contributed by atoms with Gasteiger partial charge in [-0.25, -0.2) is 0 Å². The van der Waals surface area contributed by atoms with Crippen LogP contribution in [0.1, 0.15) is 5.56 Å². The molecule has 0 fully saturated rings. The van der Waals surface area contributed by atoms with Crippen LogP contribution in [-0.2, 0) is 4.79 Å². The molecule has 0 aliphatic rings. The van der Waals surface area contributed by atoms with Crippen LogP contribution in [0, 0.1) is 6.92 Å². The molecule has 20 heavy (non-hydrogen) atoms. The lowest BCUT2D eigenvalue weighted by Crippen LogP contribution is -2.20. The van der Waals surface area contributed by atoms with E-state index >= 15 is 0 Å². The van der Waals surface area contributed by atoms with Gasteiger partial charge in [0.15, 0.2) is 6.61 Å². The van der Waals surface area contributed by atoms with Gasteiger partial charge in [-0.15, -0.1) is 0 Å². The van der Waals surface area contributed by atoms with Gasteiger partial charge in [-0.1, -0.05) is 22.0 Å². The Morgan fingerprint density at radius 1 is 1.25 bits per heavy atom. The molecule has 0 aromatic heterocycles. The van der Waals surface area contributed by atoms with Crippen LogP contribution in [0.3, 0.4) is 0 Å². The lowest BCUT2D eigenvalue weighted by atomic mass is 10.2. The summed E-state index contributed by atoms with van der Waals surface area (Å²) in [6.07, 6.45) is 0. The Kier molecular flexibility index (Phi) is 4.63. The number of nitrogen functional groups attached to an aromatic ring is 1. The fraction of sp³-hybridized carbons (Fsp3) is 0.133. The minimum atomic E-state index is -0.226. The molecular formula is C15H15BrN2O2. The van der Waals surface area contributed by atoms with Gasteiger partial charge in [0.2, 0.25) is 0 Å². The SMILES string of the molecule is Cc1ccc(NC(=O)COc2ccc(Br)cc2)cc1N. The number of amides is 1. The van der Waals surface area contributed by atoms with E-state index < -0.39 is 0 Å². The van der Waals surface area contributed by atoms with Gasteiger partial charge in [0.05, 0.1) is 0 Å². The quantitative estimate of drug-likeness (QED) is 0.842. The lowest BCUT2D eigenvalue weighted by molar-refractivity contribution is -0.118. The molecule has 3 N–H and O–H groups in total. The highest BCUT2D eigenvalue weighted by atomic mass is 79.9. The molecule has 5 heteroatoms. The highest BCUT2D eigenvalue weighted by Gasteiger charge is 2.05. The summed E-state index contributed by atoms with van der Waals surface area (Å²) in [6.45, 7) is 1.87. The number of aryl methyl sites for hydroxylation is 1. The predicted octanol–water partition coefficient (Wildman–Crippen LogP) is 3.36. The number of benzene rings is 2. The van der Waals surface area contributed by atoms with Crippen molar-refractivity contribution >= 4 is 33.2 Å².